The lowest BCUT2D eigenvalue weighted by Gasteiger charge is -2.37. The molecule has 0 saturated heterocycles. The molecule has 3 aromatic carbocycles. The average Bonchev–Trinajstić information content (AvgIpc) is 3.13. The maximum Gasteiger partial charge on any atom is 0.340 e. The summed E-state index contributed by atoms with van der Waals surface area (Å²) in [6.45, 7) is 8.38. The molecule has 0 saturated carbocycles. The van der Waals surface area contributed by atoms with Gasteiger partial charge < -0.3 is 14.4 Å². The van der Waals surface area contributed by atoms with Gasteiger partial charge in [-0.2, -0.15) is 0 Å². The van der Waals surface area contributed by atoms with Crippen LogP contribution >= 0.6 is 11.6 Å². The third-order valence-corrected chi connectivity index (χ3v) is 7.31. The lowest BCUT2D eigenvalue weighted by atomic mass is 9.77. The van der Waals surface area contributed by atoms with Crippen LogP contribution in [0.3, 0.4) is 0 Å². The fourth-order valence-corrected chi connectivity index (χ4v) is 5.21. The molecule has 0 bridgehead atoms. The number of hydrogen-bond donors (Lipinski definition) is 0. The van der Waals surface area contributed by atoms with E-state index in [9.17, 15) is 4.79 Å². The molecule has 0 aliphatic carbocycles. The Morgan fingerprint density at radius 2 is 1.59 bits per heavy atom. The van der Waals surface area contributed by atoms with Gasteiger partial charge in [0.1, 0.15) is 11.5 Å². The molecule has 2 aliphatic heterocycles. The number of halogens is 1. The van der Waals surface area contributed by atoms with Crippen LogP contribution in [0.15, 0.2) is 54.6 Å². The van der Waals surface area contributed by atoms with Crippen molar-refractivity contribution in [1.82, 2.24) is 0 Å². The van der Waals surface area contributed by atoms with Gasteiger partial charge in [-0.15, -0.1) is 0 Å². The summed E-state index contributed by atoms with van der Waals surface area (Å²) in [6.07, 6.45) is 4.55. The highest BCUT2D eigenvalue weighted by molar-refractivity contribution is 6.31. The van der Waals surface area contributed by atoms with Crippen LogP contribution in [0.4, 0.5) is 5.69 Å². The van der Waals surface area contributed by atoms with Gasteiger partial charge in [0.2, 0.25) is 0 Å². The Hall–Kier alpha value is -2.98. The number of rotatable bonds is 7. The Morgan fingerprint density at radius 1 is 0.882 bits per heavy atom. The van der Waals surface area contributed by atoms with Crippen molar-refractivity contribution in [2.24, 2.45) is 0 Å². The first-order valence-corrected chi connectivity index (χ1v) is 12.6. The maximum absolute atomic E-state index is 13.0. The molecule has 34 heavy (non-hydrogen) atoms. The minimum Gasteiger partial charge on any atom is -0.456 e. The van der Waals surface area contributed by atoms with Crippen molar-refractivity contribution in [2.45, 2.75) is 52.1 Å². The zero-order valence-electron chi connectivity index (χ0n) is 20.0. The summed E-state index contributed by atoms with van der Waals surface area (Å²) in [5.74, 6) is 1.00. The molecule has 3 aromatic rings. The molecule has 5 heteroatoms. The topological polar surface area (TPSA) is 38.8 Å². The highest BCUT2D eigenvalue weighted by atomic mass is 35.5. The maximum atomic E-state index is 13.0. The Morgan fingerprint density at radius 3 is 2.32 bits per heavy atom. The van der Waals surface area contributed by atoms with Crippen LogP contribution in [0.1, 0.15) is 72.1 Å². The monoisotopic (exact) mass is 475 g/mol. The van der Waals surface area contributed by atoms with Crippen molar-refractivity contribution >= 4 is 23.3 Å². The zero-order chi connectivity index (χ0) is 23.9. The molecule has 0 radical (unpaired) electrons. The standard InChI is InChI=1S/C29H30ClNO3/c1-4-6-14-31(15-7-5-2)20-12-13-23-26(17-20)33-27-18-25(30)19(3)16-24(27)29(23)22-11-9-8-10-21(22)28(32)34-29/h8-13,16-18H,4-7,14-15H2,1-3H3. The van der Waals surface area contributed by atoms with Gasteiger partial charge in [-0.05, 0) is 49.6 Å². The fourth-order valence-electron chi connectivity index (χ4n) is 5.05. The number of benzene rings is 3. The van der Waals surface area contributed by atoms with E-state index in [1.807, 2.05) is 43.3 Å². The van der Waals surface area contributed by atoms with E-state index in [0.29, 0.717) is 22.1 Å². The smallest absolute Gasteiger partial charge is 0.340 e. The Kier molecular flexibility index (Phi) is 6.03. The molecule has 2 heterocycles. The number of aryl methyl sites for hydroxylation is 1. The highest BCUT2D eigenvalue weighted by Crippen LogP contribution is 2.57. The van der Waals surface area contributed by atoms with E-state index in [1.54, 1.807) is 0 Å². The molecule has 0 amide bonds. The summed E-state index contributed by atoms with van der Waals surface area (Å²) in [7, 11) is 0. The zero-order valence-corrected chi connectivity index (χ0v) is 20.7. The van der Waals surface area contributed by atoms with E-state index in [0.717, 1.165) is 66.7 Å². The van der Waals surface area contributed by atoms with Crippen molar-refractivity contribution in [2.75, 3.05) is 18.0 Å². The second-order valence-corrected chi connectivity index (χ2v) is 9.60. The van der Waals surface area contributed by atoms with Gasteiger partial charge in [0.25, 0.3) is 0 Å². The number of hydrogen-bond acceptors (Lipinski definition) is 4. The number of unbranched alkanes of at least 4 members (excludes halogenated alkanes) is 2. The van der Waals surface area contributed by atoms with Crippen LogP contribution in [0.2, 0.25) is 5.02 Å². The van der Waals surface area contributed by atoms with E-state index >= 15 is 0 Å². The van der Waals surface area contributed by atoms with E-state index in [-0.39, 0.29) is 5.97 Å². The normalized spacial score (nSPS) is 17.6. The highest BCUT2D eigenvalue weighted by Gasteiger charge is 2.53. The number of nitrogens with zero attached hydrogens (tertiary/aromatic N) is 1. The molecule has 1 unspecified atom stereocenters. The molecule has 5 rings (SSSR count). The summed E-state index contributed by atoms with van der Waals surface area (Å²) < 4.78 is 12.7. The van der Waals surface area contributed by atoms with Gasteiger partial charge >= 0.3 is 5.97 Å². The largest absolute Gasteiger partial charge is 0.456 e. The van der Waals surface area contributed by atoms with Crippen molar-refractivity contribution in [1.29, 1.82) is 0 Å². The predicted octanol–water partition coefficient (Wildman–Crippen LogP) is 7.62. The quantitative estimate of drug-likeness (QED) is 0.329. The lowest BCUT2D eigenvalue weighted by molar-refractivity contribution is 0.0224. The number of esters is 1. The van der Waals surface area contributed by atoms with Crippen LogP contribution in [0.25, 0.3) is 0 Å². The molecule has 0 N–H and O–H groups in total. The molecule has 0 fully saturated rings. The fraction of sp³-hybridized carbons (Fsp3) is 0.345. The van der Waals surface area contributed by atoms with Gasteiger partial charge in [0.15, 0.2) is 5.60 Å². The lowest BCUT2D eigenvalue weighted by Crippen LogP contribution is -2.33. The Bertz CT molecular complexity index is 1250. The van der Waals surface area contributed by atoms with Crippen molar-refractivity contribution in [3.8, 4) is 11.5 Å². The second kappa shape index (κ2) is 8.99. The van der Waals surface area contributed by atoms with E-state index in [4.69, 9.17) is 21.1 Å². The molecule has 0 aromatic heterocycles. The third kappa shape index (κ3) is 3.56. The predicted molar refractivity (Wildman–Crippen MR) is 136 cm³/mol. The van der Waals surface area contributed by atoms with Crippen molar-refractivity contribution in [3.05, 3.63) is 87.4 Å². The third-order valence-electron chi connectivity index (χ3n) is 6.90. The summed E-state index contributed by atoms with van der Waals surface area (Å²) in [5.41, 5.74) is 4.06. The number of carbonyl (C=O) groups excluding carboxylic acids is 1. The molecule has 1 atom stereocenters. The number of ether oxygens (including phenoxy) is 2. The van der Waals surface area contributed by atoms with Crippen molar-refractivity contribution < 1.29 is 14.3 Å². The summed E-state index contributed by atoms with van der Waals surface area (Å²) >= 11 is 6.50. The first-order valence-electron chi connectivity index (χ1n) is 12.2. The molecular weight excluding hydrogens is 446 g/mol. The van der Waals surface area contributed by atoms with Gasteiger partial charge in [-0.25, -0.2) is 4.79 Å². The summed E-state index contributed by atoms with van der Waals surface area (Å²) in [5, 5.41) is 0.624. The van der Waals surface area contributed by atoms with E-state index < -0.39 is 5.60 Å². The van der Waals surface area contributed by atoms with Gasteiger partial charge in [-0.3, -0.25) is 0 Å². The molecule has 4 nitrogen and oxygen atoms in total. The van der Waals surface area contributed by atoms with Crippen LogP contribution < -0.4 is 9.64 Å². The minimum atomic E-state index is -1.05. The number of carbonyl (C=O) groups is 1. The second-order valence-electron chi connectivity index (χ2n) is 9.19. The molecule has 1 spiro atoms. The van der Waals surface area contributed by atoms with E-state index in [2.05, 4.69) is 36.9 Å². The van der Waals surface area contributed by atoms with Gasteiger partial charge in [0.05, 0.1) is 5.56 Å². The van der Waals surface area contributed by atoms with E-state index in [1.165, 1.54) is 0 Å². The first-order chi connectivity index (χ1) is 16.5. The van der Waals surface area contributed by atoms with Crippen LogP contribution in [0.5, 0.6) is 11.5 Å². The average molecular weight is 476 g/mol. The Labute approximate surface area is 206 Å². The van der Waals surface area contributed by atoms with Gasteiger partial charge in [0, 0.05) is 52.6 Å². The first kappa shape index (κ1) is 22.8. The number of fused-ring (bicyclic) bond motifs is 6. The molecule has 2 aliphatic rings. The number of anilines is 1. The van der Waals surface area contributed by atoms with Crippen molar-refractivity contribution in [3.63, 3.8) is 0 Å². The summed E-state index contributed by atoms with van der Waals surface area (Å²) in [6, 6.07) is 17.7. The molecule has 176 valence electrons. The molecular formula is C29H30ClNO3. The van der Waals surface area contributed by atoms with Crippen LogP contribution in [-0.2, 0) is 10.3 Å². The van der Waals surface area contributed by atoms with Crippen LogP contribution in [0, 0.1) is 6.92 Å². The Balaban J connectivity index is 1.70. The van der Waals surface area contributed by atoms with Crippen LogP contribution in [-0.4, -0.2) is 19.1 Å². The summed E-state index contributed by atoms with van der Waals surface area (Å²) in [4.78, 5) is 15.5. The SMILES string of the molecule is CCCCN(CCCC)c1ccc2c(c1)Oc1cc(Cl)c(C)cc1C21OC(=O)c2ccccc21. The minimum absolute atomic E-state index is 0.321. The van der Waals surface area contributed by atoms with Gasteiger partial charge in [-0.1, -0.05) is 56.5 Å².